The van der Waals surface area contributed by atoms with E-state index in [0.29, 0.717) is 32.0 Å². The quantitative estimate of drug-likeness (QED) is 0.745. The second kappa shape index (κ2) is 5.35. The molecule has 1 rings (SSSR count). The van der Waals surface area contributed by atoms with Crippen molar-refractivity contribution in [2.45, 2.75) is 33.2 Å². The lowest BCUT2D eigenvalue weighted by Gasteiger charge is -2.38. The predicted octanol–water partition coefficient (Wildman–Crippen LogP) is 0.525. The molecular formula is C11H22N2O3S. The summed E-state index contributed by atoms with van der Waals surface area (Å²) in [5.41, 5.74) is 0. The Morgan fingerprint density at radius 1 is 1.35 bits per heavy atom. The van der Waals surface area contributed by atoms with E-state index in [1.165, 1.54) is 10.6 Å². The highest BCUT2D eigenvalue weighted by molar-refractivity contribution is 7.88. The van der Waals surface area contributed by atoms with E-state index in [0.717, 1.165) is 0 Å². The molecule has 1 heterocycles. The molecule has 100 valence electrons. The van der Waals surface area contributed by atoms with Crippen LogP contribution in [-0.4, -0.2) is 55.5 Å². The molecule has 1 aliphatic rings. The molecule has 1 saturated heterocycles. The molecule has 17 heavy (non-hydrogen) atoms. The minimum absolute atomic E-state index is 0.125. The topological polar surface area (TPSA) is 57.7 Å². The van der Waals surface area contributed by atoms with Gasteiger partial charge in [0, 0.05) is 32.1 Å². The van der Waals surface area contributed by atoms with Gasteiger partial charge in [0.05, 0.1) is 6.26 Å². The summed E-state index contributed by atoms with van der Waals surface area (Å²) in [4.78, 5) is 13.6. The van der Waals surface area contributed by atoms with E-state index in [4.69, 9.17) is 0 Å². The van der Waals surface area contributed by atoms with E-state index in [2.05, 4.69) is 0 Å². The first-order valence-electron chi connectivity index (χ1n) is 5.96. The lowest BCUT2D eigenvalue weighted by Crippen LogP contribution is -2.55. The number of amides is 1. The van der Waals surface area contributed by atoms with Crippen LogP contribution in [0.15, 0.2) is 0 Å². The minimum Gasteiger partial charge on any atom is -0.340 e. The summed E-state index contributed by atoms with van der Waals surface area (Å²) in [6.07, 6.45) is 1.75. The van der Waals surface area contributed by atoms with Crippen LogP contribution in [0.2, 0.25) is 0 Å². The summed E-state index contributed by atoms with van der Waals surface area (Å²) in [5, 5.41) is 0. The van der Waals surface area contributed by atoms with Crippen molar-refractivity contribution < 1.29 is 13.2 Å². The molecule has 0 aromatic heterocycles. The Morgan fingerprint density at radius 2 is 1.94 bits per heavy atom. The van der Waals surface area contributed by atoms with Gasteiger partial charge in [-0.05, 0) is 12.8 Å². The number of carbonyl (C=O) groups is 1. The molecule has 0 spiro atoms. The van der Waals surface area contributed by atoms with Crippen molar-refractivity contribution in [1.82, 2.24) is 9.21 Å². The van der Waals surface area contributed by atoms with Crippen LogP contribution in [0.25, 0.3) is 0 Å². The average Bonchev–Trinajstić information content (AvgIpc) is 2.14. The Labute approximate surface area is 104 Å². The van der Waals surface area contributed by atoms with Gasteiger partial charge in [-0.3, -0.25) is 4.79 Å². The van der Waals surface area contributed by atoms with Crippen LogP contribution >= 0.6 is 0 Å². The van der Waals surface area contributed by atoms with Crippen molar-refractivity contribution in [2.24, 2.45) is 5.92 Å². The fraction of sp³-hybridized carbons (Fsp3) is 0.909. The standard InChI is InChI=1S/C11H22N2O3S/c1-9(2)7-11(14)12-5-6-13(10(3)8-12)17(4,15)16/h9-10H,5-8H2,1-4H3/t10-/m0/s1. The van der Waals surface area contributed by atoms with Crippen LogP contribution in [-0.2, 0) is 14.8 Å². The lowest BCUT2D eigenvalue weighted by molar-refractivity contribution is -0.133. The van der Waals surface area contributed by atoms with Gasteiger partial charge < -0.3 is 4.90 Å². The maximum atomic E-state index is 11.9. The molecule has 0 bridgehead atoms. The highest BCUT2D eigenvalue weighted by atomic mass is 32.2. The summed E-state index contributed by atoms with van der Waals surface area (Å²) in [6, 6.07) is -0.130. The van der Waals surface area contributed by atoms with Gasteiger partial charge in [-0.25, -0.2) is 8.42 Å². The van der Waals surface area contributed by atoms with Gasteiger partial charge in [0.25, 0.3) is 0 Å². The number of hydrogen-bond donors (Lipinski definition) is 0. The van der Waals surface area contributed by atoms with E-state index in [1.54, 1.807) is 4.90 Å². The van der Waals surface area contributed by atoms with Crippen molar-refractivity contribution in [3.63, 3.8) is 0 Å². The van der Waals surface area contributed by atoms with Gasteiger partial charge in [0.2, 0.25) is 15.9 Å². The van der Waals surface area contributed by atoms with E-state index >= 15 is 0 Å². The maximum absolute atomic E-state index is 11.9. The zero-order chi connectivity index (χ0) is 13.2. The molecule has 1 fully saturated rings. The third-order valence-electron chi connectivity index (χ3n) is 2.93. The molecule has 0 N–H and O–H groups in total. The molecule has 0 saturated carbocycles. The molecule has 0 aromatic carbocycles. The van der Waals surface area contributed by atoms with E-state index in [9.17, 15) is 13.2 Å². The van der Waals surface area contributed by atoms with Crippen molar-refractivity contribution in [3.05, 3.63) is 0 Å². The first kappa shape index (κ1) is 14.4. The third kappa shape index (κ3) is 3.96. The van der Waals surface area contributed by atoms with Crippen molar-refractivity contribution >= 4 is 15.9 Å². The first-order chi connectivity index (χ1) is 7.71. The van der Waals surface area contributed by atoms with Gasteiger partial charge >= 0.3 is 0 Å². The van der Waals surface area contributed by atoms with Crippen molar-refractivity contribution in [3.8, 4) is 0 Å². The van der Waals surface area contributed by atoms with Crippen LogP contribution < -0.4 is 0 Å². The monoisotopic (exact) mass is 262 g/mol. The molecule has 1 atom stereocenters. The molecule has 6 heteroatoms. The Balaban J connectivity index is 2.61. The SMILES string of the molecule is CC(C)CC(=O)N1CCN(S(C)(=O)=O)[C@@H](C)C1. The second-order valence-electron chi connectivity index (χ2n) is 5.16. The molecule has 0 aliphatic carbocycles. The molecule has 1 aliphatic heterocycles. The van der Waals surface area contributed by atoms with Crippen LogP contribution in [0.1, 0.15) is 27.2 Å². The fourth-order valence-corrected chi connectivity index (χ4v) is 3.27. The highest BCUT2D eigenvalue weighted by Gasteiger charge is 2.31. The van der Waals surface area contributed by atoms with Crippen LogP contribution in [0.5, 0.6) is 0 Å². The predicted molar refractivity (Wildman–Crippen MR) is 67.0 cm³/mol. The number of carbonyl (C=O) groups excluding carboxylic acids is 1. The first-order valence-corrected chi connectivity index (χ1v) is 7.81. The van der Waals surface area contributed by atoms with Crippen LogP contribution in [0, 0.1) is 5.92 Å². The molecule has 5 nitrogen and oxygen atoms in total. The Hall–Kier alpha value is -0.620. The van der Waals surface area contributed by atoms with Crippen LogP contribution in [0.3, 0.4) is 0 Å². The third-order valence-corrected chi connectivity index (χ3v) is 4.32. The molecular weight excluding hydrogens is 240 g/mol. The van der Waals surface area contributed by atoms with Gasteiger partial charge in [-0.15, -0.1) is 0 Å². The number of hydrogen-bond acceptors (Lipinski definition) is 3. The van der Waals surface area contributed by atoms with E-state index in [1.807, 2.05) is 20.8 Å². The largest absolute Gasteiger partial charge is 0.340 e. The van der Waals surface area contributed by atoms with E-state index < -0.39 is 10.0 Å². The van der Waals surface area contributed by atoms with Gasteiger partial charge in [0.1, 0.15) is 0 Å². The minimum atomic E-state index is -3.15. The van der Waals surface area contributed by atoms with Crippen molar-refractivity contribution in [1.29, 1.82) is 0 Å². The number of nitrogens with zero attached hydrogens (tertiary/aromatic N) is 2. The molecule has 1 amide bonds. The number of piperazine rings is 1. The Morgan fingerprint density at radius 3 is 2.35 bits per heavy atom. The molecule has 0 radical (unpaired) electrons. The van der Waals surface area contributed by atoms with Gasteiger partial charge in [-0.2, -0.15) is 4.31 Å². The second-order valence-corrected chi connectivity index (χ2v) is 7.10. The zero-order valence-corrected chi connectivity index (χ0v) is 11.8. The van der Waals surface area contributed by atoms with Crippen LogP contribution in [0.4, 0.5) is 0 Å². The summed E-state index contributed by atoms with van der Waals surface area (Å²) in [7, 11) is -3.15. The molecule has 0 aromatic rings. The lowest BCUT2D eigenvalue weighted by atomic mass is 10.1. The summed E-state index contributed by atoms with van der Waals surface area (Å²) >= 11 is 0. The van der Waals surface area contributed by atoms with Gasteiger partial charge in [-0.1, -0.05) is 13.8 Å². The average molecular weight is 262 g/mol. The summed E-state index contributed by atoms with van der Waals surface area (Å²) in [5.74, 6) is 0.464. The smallest absolute Gasteiger partial charge is 0.222 e. The summed E-state index contributed by atoms with van der Waals surface area (Å²) < 4.78 is 24.4. The van der Waals surface area contributed by atoms with E-state index in [-0.39, 0.29) is 11.9 Å². The van der Waals surface area contributed by atoms with Crippen molar-refractivity contribution in [2.75, 3.05) is 25.9 Å². The maximum Gasteiger partial charge on any atom is 0.222 e. The Kier molecular flexibility index (Phi) is 4.55. The number of sulfonamides is 1. The van der Waals surface area contributed by atoms with Gasteiger partial charge in [0.15, 0.2) is 0 Å². The fourth-order valence-electron chi connectivity index (χ4n) is 2.14. The number of rotatable bonds is 3. The summed E-state index contributed by atoms with van der Waals surface area (Å²) in [6.45, 7) is 7.27. The normalized spacial score (nSPS) is 23.1. The molecule has 0 unspecified atom stereocenters. The highest BCUT2D eigenvalue weighted by Crippen LogP contribution is 2.15. The zero-order valence-electron chi connectivity index (χ0n) is 11.0. The Bertz CT molecular complexity index is 378.